The summed E-state index contributed by atoms with van der Waals surface area (Å²) in [7, 11) is 0. The molecule has 0 aliphatic heterocycles. The van der Waals surface area contributed by atoms with Crippen molar-refractivity contribution in [1.29, 1.82) is 0 Å². The molecule has 5 nitrogen and oxygen atoms in total. The first-order valence-electron chi connectivity index (χ1n) is 6.04. The molecular weight excluding hydrogens is 240 g/mol. The van der Waals surface area contributed by atoms with Crippen LogP contribution < -0.4 is 16.6 Å². The van der Waals surface area contributed by atoms with E-state index in [-0.39, 0.29) is 5.91 Å². The van der Waals surface area contributed by atoms with Gasteiger partial charge in [0.25, 0.3) is 5.91 Å². The van der Waals surface area contributed by atoms with E-state index in [4.69, 9.17) is 5.84 Å². The molecular formula is C14H16N4O. The zero-order valence-electron chi connectivity index (χ0n) is 10.5. The maximum absolute atomic E-state index is 12.0. The maximum atomic E-state index is 12.0. The van der Waals surface area contributed by atoms with Gasteiger partial charge in [-0.15, -0.1) is 0 Å². The highest BCUT2D eigenvalue weighted by atomic mass is 16.1. The van der Waals surface area contributed by atoms with Crippen molar-refractivity contribution in [2.24, 2.45) is 5.84 Å². The lowest BCUT2D eigenvalue weighted by Crippen LogP contribution is -2.27. The molecule has 0 bridgehead atoms. The fourth-order valence-corrected chi connectivity index (χ4v) is 1.76. The second-order valence-corrected chi connectivity index (χ2v) is 4.06. The van der Waals surface area contributed by atoms with Crippen molar-refractivity contribution >= 4 is 11.6 Å². The first-order valence-corrected chi connectivity index (χ1v) is 6.04. The number of aromatic nitrogens is 1. The van der Waals surface area contributed by atoms with Gasteiger partial charge in [0.15, 0.2) is 0 Å². The minimum Gasteiger partial charge on any atom is -0.352 e. The molecule has 1 amide bonds. The molecule has 5 heteroatoms. The Hall–Kier alpha value is -2.40. The van der Waals surface area contributed by atoms with Crippen LogP contribution in [-0.2, 0) is 6.42 Å². The molecule has 0 atom stereocenters. The third-order valence-electron chi connectivity index (χ3n) is 2.76. The summed E-state index contributed by atoms with van der Waals surface area (Å²) in [6.07, 6.45) is 3.86. The van der Waals surface area contributed by atoms with Crippen molar-refractivity contribution in [3.05, 3.63) is 59.9 Å². The number of anilines is 1. The van der Waals surface area contributed by atoms with Gasteiger partial charge in [-0.25, -0.2) is 0 Å². The highest BCUT2D eigenvalue weighted by Crippen LogP contribution is 2.11. The Morgan fingerprint density at radius 1 is 1.21 bits per heavy atom. The van der Waals surface area contributed by atoms with Crippen LogP contribution in [0.15, 0.2) is 48.8 Å². The smallest absolute Gasteiger partial charge is 0.255 e. The van der Waals surface area contributed by atoms with Gasteiger partial charge in [0.1, 0.15) is 0 Å². The van der Waals surface area contributed by atoms with Crippen LogP contribution in [0.5, 0.6) is 0 Å². The predicted molar refractivity (Wildman–Crippen MR) is 74.5 cm³/mol. The molecule has 0 unspecified atom stereocenters. The predicted octanol–water partition coefficient (Wildman–Crippen LogP) is 1.34. The van der Waals surface area contributed by atoms with Gasteiger partial charge >= 0.3 is 0 Å². The van der Waals surface area contributed by atoms with Crippen LogP contribution >= 0.6 is 0 Å². The number of pyridine rings is 1. The maximum Gasteiger partial charge on any atom is 0.255 e. The van der Waals surface area contributed by atoms with E-state index in [0.717, 1.165) is 6.42 Å². The fourth-order valence-electron chi connectivity index (χ4n) is 1.76. The van der Waals surface area contributed by atoms with Crippen LogP contribution in [-0.4, -0.2) is 17.4 Å². The topological polar surface area (TPSA) is 80.0 Å². The normalized spacial score (nSPS) is 9.95. The molecule has 0 aliphatic carbocycles. The Balaban J connectivity index is 1.91. The number of nitrogen functional groups attached to an aromatic ring is 1. The van der Waals surface area contributed by atoms with Gasteiger partial charge in [0.05, 0.1) is 11.3 Å². The number of nitrogens with zero attached hydrogens (tertiary/aromatic N) is 1. The van der Waals surface area contributed by atoms with Gasteiger partial charge in [0, 0.05) is 18.9 Å². The fraction of sp³-hybridized carbons (Fsp3) is 0.143. The van der Waals surface area contributed by atoms with Gasteiger partial charge in [-0.1, -0.05) is 30.3 Å². The minimum atomic E-state index is -0.183. The van der Waals surface area contributed by atoms with Crippen molar-refractivity contribution in [3.63, 3.8) is 0 Å². The van der Waals surface area contributed by atoms with E-state index < -0.39 is 0 Å². The van der Waals surface area contributed by atoms with E-state index in [1.807, 2.05) is 30.3 Å². The number of benzene rings is 1. The summed E-state index contributed by atoms with van der Waals surface area (Å²) in [4.78, 5) is 15.9. The second-order valence-electron chi connectivity index (χ2n) is 4.06. The molecule has 4 N–H and O–H groups in total. The Morgan fingerprint density at radius 3 is 2.74 bits per heavy atom. The molecule has 0 radical (unpaired) electrons. The van der Waals surface area contributed by atoms with Crippen molar-refractivity contribution in [3.8, 4) is 0 Å². The van der Waals surface area contributed by atoms with E-state index in [1.165, 1.54) is 11.8 Å². The first kappa shape index (κ1) is 13.0. The van der Waals surface area contributed by atoms with Crippen LogP contribution in [0.4, 0.5) is 5.69 Å². The second kappa shape index (κ2) is 6.51. The molecule has 0 aliphatic rings. The van der Waals surface area contributed by atoms with Crippen molar-refractivity contribution < 1.29 is 4.79 Å². The zero-order chi connectivity index (χ0) is 13.5. The number of rotatable bonds is 5. The number of carbonyl (C=O) groups is 1. The van der Waals surface area contributed by atoms with E-state index in [2.05, 4.69) is 15.7 Å². The molecule has 1 aromatic heterocycles. The number of hydrogen-bond acceptors (Lipinski definition) is 4. The Morgan fingerprint density at radius 2 is 2.00 bits per heavy atom. The SMILES string of the molecule is NNc1ccncc1C(=O)NCCc1ccccc1. The monoisotopic (exact) mass is 256 g/mol. The first-order chi connectivity index (χ1) is 9.31. The molecule has 19 heavy (non-hydrogen) atoms. The molecule has 2 rings (SSSR count). The van der Waals surface area contributed by atoms with E-state index in [0.29, 0.717) is 17.8 Å². The minimum absolute atomic E-state index is 0.183. The largest absolute Gasteiger partial charge is 0.352 e. The third kappa shape index (κ3) is 3.53. The van der Waals surface area contributed by atoms with E-state index >= 15 is 0 Å². The highest BCUT2D eigenvalue weighted by molar-refractivity contribution is 5.99. The van der Waals surface area contributed by atoms with Crippen LogP contribution in [0.1, 0.15) is 15.9 Å². The lowest BCUT2D eigenvalue weighted by molar-refractivity contribution is 0.0954. The quantitative estimate of drug-likeness (QED) is 0.557. The summed E-state index contributed by atoms with van der Waals surface area (Å²) >= 11 is 0. The van der Waals surface area contributed by atoms with Crippen molar-refractivity contribution in [1.82, 2.24) is 10.3 Å². The Kier molecular flexibility index (Phi) is 4.47. The lowest BCUT2D eigenvalue weighted by atomic mass is 10.1. The van der Waals surface area contributed by atoms with Crippen molar-refractivity contribution in [2.75, 3.05) is 12.0 Å². The van der Waals surface area contributed by atoms with Gasteiger partial charge in [-0.3, -0.25) is 15.6 Å². The molecule has 2 aromatic rings. The summed E-state index contributed by atoms with van der Waals surface area (Å²) in [5, 5.41) is 2.85. The van der Waals surface area contributed by atoms with Crippen LogP contribution in [0.25, 0.3) is 0 Å². The van der Waals surface area contributed by atoms with Crippen LogP contribution in [0.3, 0.4) is 0 Å². The molecule has 1 heterocycles. The standard InChI is InChI=1S/C14H16N4O/c15-18-13-7-8-16-10-12(13)14(19)17-9-6-11-4-2-1-3-5-11/h1-5,7-8,10H,6,9,15H2,(H,16,18)(H,17,19). The Labute approximate surface area is 111 Å². The highest BCUT2D eigenvalue weighted by Gasteiger charge is 2.09. The van der Waals surface area contributed by atoms with Crippen LogP contribution in [0, 0.1) is 0 Å². The summed E-state index contributed by atoms with van der Waals surface area (Å²) in [6.45, 7) is 0.571. The number of hydrazine groups is 1. The average Bonchev–Trinajstić information content (AvgIpc) is 2.48. The number of nitrogens with two attached hydrogens (primary N) is 1. The van der Waals surface area contributed by atoms with Gasteiger partial charge in [-0.2, -0.15) is 0 Å². The molecule has 0 saturated carbocycles. The van der Waals surface area contributed by atoms with Crippen LogP contribution in [0.2, 0.25) is 0 Å². The van der Waals surface area contributed by atoms with Gasteiger partial charge in [0.2, 0.25) is 0 Å². The molecule has 0 fully saturated rings. The average molecular weight is 256 g/mol. The third-order valence-corrected chi connectivity index (χ3v) is 2.76. The van der Waals surface area contributed by atoms with Gasteiger partial charge < -0.3 is 10.7 Å². The number of amides is 1. The number of nitrogens with one attached hydrogen (secondary N) is 2. The van der Waals surface area contributed by atoms with Crippen molar-refractivity contribution in [2.45, 2.75) is 6.42 Å². The summed E-state index contributed by atoms with van der Waals surface area (Å²) in [5.74, 6) is 5.17. The molecule has 0 spiro atoms. The summed E-state index contributed by atoms with van der Waals surface area (Å²) in [5.41, 5.74) is 4.67. The zero-order valence-corrected chi connectivity index (χ0v) is 10.5. The molecule has 1 aromatic carbocycles. The Bertz CT molecular complexity index is 542. The van der Waals surface area contributed by atoms with E-state index in [1.54, 1.807) is 12.3 Å². The van der Waals surface area contributed by atoms with Gasteiger partial charge in [-0.05, 0) is 18.1 Å². The lowest BCUT2D eigenvalue weighted by Gasteiger charge is -2.08. The summed E-state index contributed by atoms with van der Waals surface area (Å²) < 4.78 is 0. The molecule has 0 saturated heterocycles. The van der Waals surface area contributed by atoms with E-state index in [9.17, 15) is 4.79 Å². The summed E-state index contributed by atoms with van der Waals surface area (Å²) in [6, 6.07) is 11.7. The molecule has 98 valence electrons. The number of carbonyl (C=O) groups excluding carboxylic acids is 1. The number of hydrogen-bond donors (Lipinski definition) is 3.